The van der Waals surface area contributed by atoms with Crippen LogP contribution in [0.5, 0.6) is 0 Å². The molecule has 0 amide bonds. The van der Waals surface area contributed by atoms with Crippen molar-refractivity contribution in [1.82, 2.24) is 4.72 Å². The Kier molecular flexibility index (Phi) is 3.77. The van der Waals surface area contributed by atoms with E-state index in [1.807, 2.05) is 0 Å². The molecule has 0 heterocycles. The molecule has 0 aromatic heterocycles. The minimum atomic E-state index is -4.00. The maximum Gasteiger partial charge on any atom is 0.304 e. The second-order valence-corrected chi connectivity index (χ2v) is 7.33. The highest BCUT2D eigenvalue weighted by molar-refractivity contribution is 7.89. The van der Waals surface area contributed by atoms with Crippen molar-refractivity contribution in [2.75, 3.05) is 0 Å². The second kappa shape index (κ2) is 5.00. The summed E-state index contributed by atoms with van der Waals surface area (Å²) in [4.78, 5) is 9.20. The van der Waals surface area contributed by atoms with Crippen LogP contribution in [-0.4, -0.2) is 30.6 Å². The van der Waals surface area contributed by atoms with Crippen LogP contribution in [0.15, 0.2) is 23.1 Å². The standard InChI is InChI=1S/C12H15FN2O5S/c1-12(2)10(6-11(12)16)14-21(19,20)7-3-4-9(15(17)18)8(13)5-7/h3-5,10-11,14,16H,6H2,1-2H3. The summed E-state index contributed by atoms with van der Waals surface area (Å²) >= 11 is 0. The Morgan fingerprint density at radius 2 is 2.10 bits per heavy atom. The smallest absolute Gasteiger partial charge is 0.304 e. The molecule has 1 aliphatic rings. The monoisotopic (exact) mass is 318 g/mol. The summed E-state index contributed by atoms with van der Waals surface area (Å²) in [7, 11) is -4.00. The zero-order valence-corrected chi connectivity index (χ0v) is 12.2. The van der Waals surface area contributed by atoms with Crippen molar-refractivity contribution in [3.8, 4) is 0 Å². The van der Waals surface area contributed by atoms with Crippen molar-refractivity contribution in [1.29, 1.82) is 0 Å². The number of hydrogen-bond acceptors (Lipinski definition) is 5. The Morgan fingerprint density at radius 3 is 2.52 bits per heavy atom. The molecule has 1 fully saturated rings. The Hall–Kier alpha value is -1.58. The second-order valence-electron chi connectivity index (χ2n) is 5.62. The Labute approximate surface area is 121 Å². The minimum absolute atomic E-state index is 0.266. The van der Waals surface area contributed by atoms with Gasteiger partial charge >= 0.3 is 5.69 Å². The number of nitro benzene ring substituents is 1. The van der Waals surface area contributed by atoms with Crippen LogP contribution in [-0.2, 0) is 10.0 Å². The summed E-state index contributed by atoms with van der Waals surface area (Å²) in [5.74, 6) is -1.21. The van der Waals surface area contributed by atoms with E-state index in [1.165, 1.54) is 0 Å². The first-order chi connectivity index (χ1) is 9.55. The first-order valence-corrected chi connectivity index (χ1v) is 7.68. The summed E-state index contributed by atoms with van der Waals surface area (Å²) < 4.78 is 40.2. The number of hydrogen-bond donors (Lipinski definition) is 2. The van der Waals surface area contributed by atoms with Gasteiger partial charge in [-0.25, -0.2) is 13.1 Å². The molecule has 1 aromatic rings. The van der Waals surface area contributed by atoms with E-state index in [2.05, 4.69) is 4.72 Å². The van der Waals surface area contributed by atoms with Gasteiger partial charge in [0.15, 0.2) is 0 Å². The molecule has 0 spiro atoms. The number of nitrogens with one attached hydrogen (secondary N) is 1. The summed E-state index contributed by atoms with van der Waals surface area (Å²) in [6.07, 6.45) is -0.347. The Balaban J connectivity index is 2.25. The van der Waals surface area contributed by atoms with E-state index in [-0.39, 0.29) is 11.3 Å². The van der Waals surface area contributed by atoms with Crippen molar-refractivity contribution < 1.29 is 22.8 Å². The van der Waals surface area contributed by atoms with Gasteiger partial charge in [-0.3, -0.25) is 10.1 Å². The van der Waals surface area contributed by atoms with Crippen LogP contribution in [0.1, 0.15) is 20.3 Å². The lowest BCUT2D eigenvalue weighted by molar-refractivity contribution is -0.387. The van der Waals surface area contributed by atoms with Crippen molar-refractivity contribution >= 4 is 15.7 Å². The van der Waals surface area contributed by atoms with E-state index in [4.69, 9.17) is 0 Å². The van der Waals surface area contributed by atoms with Gasteiger partial charge in [0.2, 0.25) is 15.8 Å². The van der Waals surface area contributed by atoms with Gasteiger partial charge in [-0.2, -0.15) is 4.39 Å². The average Bonchev–Trinajstić information content (AvgIpc) is 2.37. The molecular weight excluding hydrogens is 303 g/mol. The fraction of sp³-hybridized carbons (Fsp3) is 0.500. The third kappa shape index (κ3) is 2.76. The predicted molar refractivity (Wildman–Crippen MR) is 71.6 cm³/mol. The molecular formula is C12H15FN2O5S. The van der Waals surface area contributed by atoms with Gasteiger partial charge in [0.25, 0.3) is 0 Å². The number of sulfonamides is 1. The van der Waals surface area contributed by atoms with Crippen LogP contribution in [0.4, 0.5) is 10.1 Å². The predicted octanol–water partition coefficient (Wildman–Crippen LogP) is 1.17. The molecule has 2 N–H and O–H groups in total. The quantitative estimate of drug-likeness (QED) is 0.640. The molecule has 1 aliphatic carbocycles. The molecule has 2 rings (SSSR count). The summed E-state index contributed by atoms with van der Waals surface area (Å²) in [5.41, 5.74) is -1.40. The molecule has 2 atom stereocenters. The number of halogens is 1. The summed E-state index contributed by atoms with van der Waals surface area (Å²) in [5, 5.41) is 20.1. The molecule has 0 radical (unpaired) electrons. The van der Waals surface area contributed by atoms with Gasteiger partial charge in [0.1, 0.15) is 0 Å². The van der Waals surface area contributed by atoms with E-state index in [1.54, 1.807) is 13.8 Å². The number of nitro groups is 1. The van der Waals surface area contributed by atoms with Crippen LogP contribution in [0.3, 0.4) is 0 Å². The lowest BCUT2D eigenvalue weighted by Gasteiger charge is -2.49. The third-order valence-electron chi connectivity index (χ3n) is 3.94. The number of aliphatic hydroxyl groups excluding tert-OH is 1. The van der Waals surface area contributed by atoms with Crippen LogP contribution in [0.25, 0.3) is 0 Å². The van der Waals surface area contributed by atoms with E-state index in [0.717, 1.165) is 12.1 Å². The fourth-order valence-corrected chi connectivity index (χ4v) is 3.58. The first-order valence-electron chi connectivity index (χ1n) is 6.20. The van der Waals surface area contributed by atoms with Crippen molar-refractivity contribution in [2.45, 2.75) is 37.3 Å². The van der Waals surface area contributed by atoms with Crippen molar-refractivity contribution in [3.05, 3.63) is 34.1 Å². The molecule has 7 nitrogen and oxygen atoms in total. The van der Waals surface area contributed by atoms with Gasteiger partial charge < -0.3 is 5.11 Å². The van der Waals surface area contributed by atoms with Gasteiger partial charge in [0, 0.05) is 23.6 Å². The van der Waals surface area contributed by atoms with Gasteiger partial charge in [0.05, 0.1) is 15.9 Å². The van der Waals surface area contributed by atoms with E-state index in [0.29, 0.717) is 6.07 Å². The van der Waals surface area contributed by atoms with Crippen LogP contribution in [0, 0.1) is 21.3 Å². The van der Waals surface area contributed by atoms with E-state index < -0.39 is 44.0 Å². The van der Waals surface area contributed by atoms with Crippen LogP contribution in [0.2, 0.25) is 0 Å². The van der Waals surface area contributed by atoms with Crippen molar-refractivity contribution in [3.63, 3.8) is 0 Å². The van der Waals surface area contributed by atoms with E-state index >= 15 is 0 Å². The lowest BCUT2D eigenvalue weighted by Crippen LogP contribution is -2.61. The molecule has 0 saturated heterocycles. The highest BCUT2D eigenvalue weighted by Crippen LogP contribution is 2.41. The normalized spacial score (nSPS) is 24.4. The third-order valence-corrected chi connectivity index (χ3v) is 5.41. The lowest BCUT2D eigenvalue weighted by atomic mass is 9.65. The van der Waals surface area contributed by atoms with Crippen LogP contribution >= 0.6 is 0 Å². The molecule has 1 aromatic carbocycles. The van der Waals surface area contributed by atoms with Crippen molar-refractivity contribution in [2.24, 2.45) is 5.41 Å². The minimum Gasteiger partial charge on any atom is -0.392 e. The summed E-state index contributed by atoms with van der Waals surface area (Å²) in [6, 6.07) is 1.93. The van der Waals surface area contributed by atoms with Crippen LogP contribution < -0.4 is 4.72 Å². The molecule has 0 aliphatic heterocycles. The number of rotatable bonds is 4. The number of benzene rings is 1. The first kappa shape index (κ1) is 15.8. The SMILES string of the molecule is CC1(C)C(O)CC1NS(=O)(=O)c1ccc([N+](=O)[O-])c(F)c1. The van der Waals surface area contributed by atoms with Gasteiger partial charge in [-0.1, -0.05) is 13.8 Å². The molecule has 0 bridgehead atoms. The van der Waals surface area contributed by atoms with Gasteiger partial charge in [-0.15, -0.1) is 0 Å². The average molecular weight is 318 g/mol. The Bertz CT molecular complexity index is 689. The molecule has 9 heteroatoms. The van der Waals surface area contributed by atoms with E-state index in [9.17, 15) is 28.0 Å². The summed E-state index contributed by atoms with van der Waals surface area (Å²) in [6.45, 7) is 3.43. The Morgan fingerprint density at radius 1 is 1.48 bits per heavy atom. The highest BCUT2D eigenvalue weighted by atomic mass is 32.2. The fourth-order valence-electron chi connectivity index (χ4n) is 2.16. The highest BCUT2D eigenvalue weighted by Gasteiger charge is 2.49. The maximum absolute atomic E-state index is 13.5. The zero-order valence-electron chi connectivity index (χ0n) is 11.4. The zero-order chi connectivity index (χ0) is 16.0. The molecule has 1 saturated carbocycles. The molecule has 116 valence electrons. The van der Waals surface area contributed by atoms with Gasteiger partial charge in [-0.05, 0) is 12.5 Å². The molecule has 2 unspecified atom stereocenters. The molecule has 21 heavy (non-hydrogen) atoms. The number of aliphatic hydroxyl groups is 1. The topological polar surface area (TPSA) is 110 Å². The number of nitrogens with zero attached hydrogens (tertiary/aromatic N) is 1. The largest absolute Gasteiger partial charge is 0.392 e. The maximum atomic E-state index is 13.5.